The average molecular weight is 490 g/mol. The van der Waals surface area contributed by atoms with Crippen molar-refractivity contribution in [2.24, 2.45) is 0 Å². The number of carbonyl (C=O) groups excluding carboxylic acids is 3. The second-order valence-corrected chi connectivity index (χ2v) is 10.0. The van der Waals surface area contributed by atoms with Crippen LogP contribution >= 0.6 is 0 Å². The van der Waals surface area contributed by atoms with Gasteiger partial charge >= 0.3 is 6.09 Å². The molecule has 3 atom stereocenters. The molecule has 3 N–H and O–H groups in total. The van der Waals surface area contributed by atoms with Gasteiger partial charge in [-0.2, -0.15) is 0 Å². The van der Waals surface area contributed by atoms with E-state index in [0.717, 1.165) is 25.7 Å². The summed E-state index contributed by atoms with van der Waals surface area (Å²) in [5.41, 5.74) is -0.0747. The van der Waals surface area contributed by atoms with Gasteiger partial charge in [0.25, 0.3) is 0 Å². The van der Waals surface area contributed by atoms with Crippen LogP contribution in [0.5, 0.6) is 0 Å². The van der Waals surface area contributed by atoms with E-state index < -0.39 is 35.5 Å². The highest BCUT2D eigenvalue weighted by Gasteiger charge is 2.32. The lowest BCUT2D eigenvalue weighted by atomic mass is 9.99. The molecule has 0 radical (unpaired) electrons. The molecule has 3 rings (SSSR count). The zero-order chi connectivity index (χ0) is 25.8. The first-order chi connectivity index (χ1) is 16.5. The molecule has 3 amide bonds. The van der Waals surface area contributed by atoms with Crippen LogP contribution in [0.2, 0.25) is 0 Å². The molecule has 192 valence electrons. The number of imidazole rings is 1. The van der Waals surface area contributed by atoms with E-state index >= 15 is 0 Å². The van der Waals surface area contributed by atoms with E-state index in [2.05, 4.69) is 20.6 Å². The van der Waals surface area contributed by atoms with Gasteiger partial charge in [-0.25, -0.2) is 14.2 Å². The van der Waals surface area contributed by atoms with Crippen molar-refractivity contribution in [3.8, 4) is 0 Å². The van der Waals surface area contributed by atoms with Gasteiger partial charge < -0.3 is 25.3 Å². The maximum absolute atomic E-state index is 14.0. The van der Waals surface area contributed by atoms with Crippen LogP contribution in [0.1, 0.15) is 78.6 Å². The Balaban J connectivity index is 1.75. The molecule has 1 aliphatic heterocycles. The van der Waals surface area contributed by atoms with E-state index in [1.165, 1.54) is 6.07 Å². The summed E-state index contributed by atoms with van der Waals surface area (Å²) < 4.78 is 19.4. The maximum Gasteiger partial charge on any atom is 0.408 e. The van der Waals surface area contributed by atoms with Gasteiger partial charge in [0.05, 0.1) is 18.0 Å². The third kappa shape index (κ3) is 6.93. The molecule has 1 saturated heterocycles. The highest BCUT2D eigenvalue weighted by Crippen LogP contribution is 2.22. The van der Waals surface area contributed by atoms with Gasteiger partial charge in [0, 0.05) is 12.6 Å². The van der Waals surface area contributed by atoms with Crippen molar-refractivity contribution in [2.45, 2.75) is 90.4 Å². The molecule has 0 saturated carbocycles. The number of rotatable bonds is 7. The van der Waals surface area contributed by atoms with Crippen molar-refractivity contribution in [3.63, 3.8) is 0 Å². The number of nitrogens with zero attached hydrogens (tertiary/aromatic N) is 2. The minimum atomic E-state index is -1.14. The highest BCUT2D eigenvalue weighted by molar-refractivity contribution is 5.91. The third-order valence-corrected chi connectivity index (χ3v) is 6.06. The van der Waals surface area contributed by atoms with Crippen LogP contribution in [0.4, 0.5) is 9.18 Å². The summed E-state index contributed by atoms with van der Waals surface area (Å²) in [6.45, 7) is 9.52. The minimum absolute atomic E-state index is 0.130. The third-order valence-electron chi connectivity index (χ3n) is 6.06. The quantitative estimate of drug-likeness (QED) is 0.545. The highest BCUT2D eigenvalue weighted by atomic mass is 19.1. The van der Waals surface area contributed by atoms with Crippen molar-refractivity contribution in [1.82, 2.24) is 25.5 Å². The number of para-hydroxylation sites is 1. The Morgan fingerprint density at radius 2 is 2.00 bits per heavy atom. The molecule has 1 aliphatic rings. The number of carbonyl (C=O) groups is 3. The second kappa shape index (κ2) is 11.0. The minimum Gasteiger partial charge on any atom is -0.444 e. The molecule has 35 heavy (non-hydrogen) atoms. The Bertz CT molecular complexity index is 1060. The fourth-order valence-electron chi connectivity index (χ4n) is 4.31. The Hall–Kier alpha value is -3.17. The molecular formula is C25H36FN5O4. The number of hydrogen-bond acceptors (Lipinski definition) is 5. The van der Waals surface area contributed by atoms with Crippen LogP contribution < -0.4 is 10.6 Å². The first-order valence-corrected chi connectivity index (χ1v) is 12.2. The molecule has 10 heteroatoms. The number of amides is 3. The van der Waals surface area contributed by atoms with Gasteiger partial charge in [-0.15, -0.1) is 0 Å². The van der Waals surface area contributed by atoms with Crippen LogP contribution in [-0.2, 0) is 14.3 Å². The van der Waals surface area contributed by atoms with Gasteiger partial charge in [0.15, 0.2) is 5.82 Å². The smallest absolute Gasteiger partial charge is 0.408 e. The van der Waals surface area contributed by atoms with E-state index in [4.69, 9.17) is 4.74 Å². The largest absolute Gasteiger partial charge is 0.444 e. The average Bonchev–Trinajstić information content (AvgIpc) is 3.23. The summed E-state index contributed by atoms with van der Waals surface area (Å²) in [4.78, 5) is 47.9. The lowest BCUT2D eigenvalue weighted by molar-refractivity contribution is -0.138. The number of H-pyrrole nitrogens is 1. The standard InChI is InChI=1S/C25H36FN5O4/c1-6-16-10-7-8-13-31(16)20(32)14-19(29-24(34)35-25(3,4)5)23(33)27-15(2)22-28-18-12-9-11-17(26)21(18)30-22/h9,11-12,15-16,19H,6-8,10,13-14H2,1-5H3,(H,27,33)(H,28,30)(H,29,34)/t15-,16-,19-/m0/s1. The summed E-state index contributed by atoms with van der Waals surface area (Å²) in [5, 5.41) is 5.34. The van der Waals surface area contributed by atoms with Crippen molar-refractivity contribution in [3.05, 3.63) is 29.8 Å². The van der Waals surface area contributed by atoms with E-state index in [1.54, 1.807) is 39.8 Å². The SMILES string of the molecule is CC[C@H]1CCCCN1C(=O)C[C@H](NC(=O)OC(C)(C)C)C(=O)N[C@@H](C)c1nc2c(F)cccc2[nH]1. The van der Waals surface area contributed by atoms with Crippen molar-refractivity contribution < 1.29 is 23.5 Å². The first-order valence-electron chi connectivity index (χ1n) is 12.2. The number of likely N-dealkylation sites (tertiary alicyclic amines) is 1. The Morgan fingerprint density at radius 3 is 2.66 bits per heavy atom. The lowest BCUT2D eigenvalue weighted by Crippen LogP contribution is -2.52. The van der Waals surface area contributed by atoms with Crippen molar-refractivity contribution in [2.75, 3.05) is 6.54 Å². The van der Waals surface area contributed by atoms with E-state index in [1.807, 2.05) is 11.8 Å². The van der Waals surface area contributed by atoms with E-state index in [-0.39, 0.29) is 23.9 Å². The number of piperidine rings is 1. The molecule has 1 aromatic heterocycles. The van der Waals surface area contributed by atoms with Gasteiger partial charge in [0.2, 0.25) is 11.8 Å². The molecule has 2 heterocycles. The molecule has 9 nitrogen and oxygen atoms in total. The Kier molecular flexibility index (Phi) is 8.34. The van der Waals surface area contributed by atoms with Gasteiger partial charge in [-0.1, -0.05) is 13.0 Å². The molecular weight excluding hydrogens is 453 g/mol. The predicted molar refractivity (Wildman–Crippen MR) is 130 cm³/mol. The number of hydrogen-bond donors (Lipinski definition) is 3. The van der Waals surface area contributed by atoms with Crippen LogP contribution in [0.25, 0.3) is 11.0 Å². The molecule has 0 unspecified atom stereocenters. The topological polar surface area (TPSA) is 116 Å². The molecule has 0 bridgehead atoms. The summed E-state index contributed by atoms with van der Waals surface area (Å²) in [6, 6.07) is 2.95. The lowest BCUT2D eigenvalue weighted by Gasteiger charge is -2.36. The fraction of sp³-hybridized carbons (Fsp3) is 0.600. The van der Waals surface area contributed by atoms with Crippen LogP contribution in [0.15, 0.2) is 18.2 Å². The molecule has 2 aromatic rings. The molecule has 0 spiro atoms. The van der Waals surface area contributed by atoms with Crippen molar-refractivity contribution in [1.29, 1.82) is 0 Å². The number of halogens is 1. The Morgan fingerprint density at radius 1 is 1.26 bits per heavy atom. The molecule has 0 aliphatic carbocycles. The zero-order valence-corrected chi connectivity index (χ0v) is 21.1. The van der Waals surface area contributed by atoms with E-state index in [0.29, 0.717) is 17.9 Å². The van der Waals surface area contributed by atoms with Gasteiger partial charge in [-0.05, 0) is 65.5 Å². The number of aromatic nitrogens is 2. The normalized spacial score (nSPS) is 18.1. The zero-order valence-electron chi connectivity index (χ0n) is 21.1. The van der Waals surface area contributed by atoms with Crippen LogP contribution in [-0.4, -0.2) is 57.0 Å². The number of nitrogens with one attached hydrogen (secondary N) is 3. The molecule has 1 fully saturated rings. The summed E-state index contributed by atoms with van der Waals surface area (Å²) in [7, 11) is 0. The van der Waals surface area contributed by atoms with Crippen molar-refractivity contribution >= 4 is 28.9 Å². The Labute approximate surface area is 205 Å². The van der Waals surface area contributed by atoms with Crippen LogP contribution in [0, 0.1) is 5.82 Å². The number of fused-ring (bicyclic) bond motifs is 1. The summed E-state index contributed by atoms with van der Waals surface area (Å²) in [5.74, 6) is -0.845. The predicted octanol–water partition coefficient (Wildman–Crippen LogP) is 3.95. The second-order valence-electron chi connectivity index (χ2n) is 10.0. The fourth-order valence-corrected chi connectivity index (χ4v) is 4.31. The summed E-state index contributed by atoms with van der Waals surface area (Å²) in [6.07, 6.45) is 2.77. The number of ether oxygens (including phenoxy) is 1. The van der Waals surface area contributed by atoms with E-state index in [9.17, 15) is 18.8 Å². The number of aromatic amines is 1. The van der Waals surface area contributed by atoms with Crippen LogP contribution in [0.3, 0.4) is 0 Å². The van der Waals surface area contributed by atoms with Gasteiger partial charge in [0.1, 0.15) is 23.0 Å². The molecule has 1 aromatic carbocycles. The summed E-state index contributed by atoms with van der Waals surface area (Å²) >= 11 is 0. The first kappa shape index (κ1) is 26.4. The van der Waals surface area contributed by atoms with Gasteiger partial charge in [-0.3, -0.25) is 9.59 Å². The number of alkyl carbamates (subject to hydrolysis) is 1. The monoisotopic (exact) mass is 489 g/mol. The number of benzene rings is 1. The maximum atomic E-state index is 14.0.